The van der Waals surface area contributed by atoms with Gasteiger partial charge in [-0.05, 0) is 56.0 Å². The van der Waals surface area contributed by atoms with E-state index in [9.17, 15) is 13.7 Å². The Bertz CT molecular complexity index is 1200. The maximum Gasteiger partial charge on any atom is 0.269 e. The van der Waals surface area contributed by atoms with Crippen LogP contribution < -0.4 is 10.6 Å². The molecule has 2 atom stereocenters. The van der Waals surface area contributed by atoms with Crippen molar-refractivity contribution in [1.29, 1.82) is 5.26 Å². The van der Waals surface area contributed by atoms with Gasteiger partial charge >= 0.3 is 0 Å². The molecule has 148 valence electrons. The van der Waals surface area contributed by atoms with Crippen LogP contribution in [0.4, 0.5) is 5.69 Å². The molecule has 0 bridgehead atoms. The molecule has 0 amide bonds. The Hall–Kier alpha value is -2.89. The fourth-order valence-electron chi connectivity index (χ4n) is 4.69. The van der Waals surface area contributed by atoms with Crippen LogP contribution >= 0.6 is 0 Å². The second-order valence-electron chi connectivity index (χ2n) is 7.82. The molecule has 0 spiro atoms. The molecule has 2 aliphatic rings. The van der Waals surface area contributed by atoms with Gasteiger partial charge in [-0.2, -0.15) is 5.26 Å². The molecular formula is C21H21N5O2S. The summed E-state index contributed by atoms with van der Waals surface area (Å²) in [6.45, 7) is 2.09. The van der Waals surface area contributed by atoms with Gasteiger partial charge in [-0.3, -0.25) is 0 Å². The Kier molecular flexibility index (Phi) is 4.30. The van der Waals surface area contributed by atoms with Gasteiger partial charge in [-0.25, -0.2) is 17.4 Å². The monoisotopic (exact) mass is 407 g/mol. The third-order valence-corrected chi connectivity index (χ3v) is 7.78. The van der Waals surface area contributed by atoms with Crippen LogP contribution in [0.25, 0.3) is 11.0 Å². The standard InChI is InChI=1S/C21H21N5O2S/c22-10-16-13-24-21-19(20(16)25-17-8-14-11-23-12-15(14)9-17)6-7-26(21)29(27,28)18-4-2-1-3-5-18/h1-7,13-15,17,23H,8-9,11-12H2,(H,24,25). The van der Waals surface area contributed by atoms with Gasteiger partial charge in [0.05, 0.1) is 16.1 Å². The van der Waals surface area contributed by atoms with Crippen LogP contribution in [0.1, 0.15) is 18.4 Å². The predicted octanol–water partition coefficient (Wildman–Crippen LogP) is 2.55. The summed E-state index contributed by atoms with van der Waals surface area (Å²) in [5.41, 5.74) is 1.44. The van der Waals surface area contributed by atoms with Crippen LogP contribution in [0.15, 0.2) is 53.7 Å². The normalized spacial score (nSPS) is 23.8. The molecule has 2 N–H and O–H groups in total. The van der Waals surface area contributed by atoms with Crippen molar-refractivity contribution in [2.75, 3.05) is 18.4 Å². The van der Waals surface area contributed by atoms with Crippen LogP contribution in [-0.2, 0) is 10.0 Å². The predicted molar refractivity (Wildman–Crippen MR) is 110 cm³/mol. The molecule has 1 aliphatic carbocycles. The topological polar surface area (TPSA) is 99.8 Å². The maximum absolute atomic E-state index is 13.1. The van der Waals surface area contributed by atoms with Crippen molar-refractivity contribution in [3.8, 4) is 6.07 Å². The quantitative estimate of drug-likeness (QED) is 0.690. The Morgan fingerprint density at radius 1 is 1.14 bits per heavy atom. The van der Waals surface area contributed by atoms with E-state index in [0.29, 0.717) is 34.1 Å². The lowest BCUT2D eigenvalue weighted by Gasteiger charge is -2.17. The number of anilines is 1. The van der Waals surface area contributed by atoms with E-state index in [0.717, 1.165) is 25.9 Å². The number of nitriles is 1. The smallest absolute Gasteiger partial charge is 0.269 e. The third kappa shape index (κ3) is 2.98. The van der Waals surface area contributed by atoms with Crippen LogP contribution in [0.3, 0.4) is 0 Å². The Labute approximate surface area is 169 Å². The third-order valence-electron chi connectivity index (χ3n) is 6.10. The molecule has 2 fully saturated rings. The van der Waals surface area contributed by atoms with E-state index in [1.54, 1.807) is 36.4 Å². The number of nitrogens with zero attached hydrogens (tertiary/aromatic N) is 3. The highest BCUT2D eigenvalue weighted by atomic mass is 32.2. The summed E-state index contributed by atoms with van der Waals surface area (Å²) >= 11 is 0. The second kappa shape index (κ2) is 6.87. The summed E-state index contributed by atoms with van der Waals surface area (Å²) in [6.07, 6.45) is 5.07. The Morgan fingerprint density at radius 3 is 2.55 bits per heavy atom. The Morgan fingerprint density at radius 2 is 1.86 bits per heavy atom. The molecule has 2 unspecified atom stereocenters. The minimum atomic E-state index is -3.76. The molecule has 1 aliphatic heterocycles. The fraction of sp³-hybridized carbons (Fsp3) is 0.333. The number of hydrogen-bond donors (Lipinski definition) is 2. The molecule has 1 saturated carbocycles. The molecule has 1 saturated heterocycles. The number of rotatable bonds is 4. The van der Waals surface area contributed by atoms with E-state index in [2.05, 4.69) is 21.7 Å². The summed E-state index contributed by atoms with van der Waals surface area (Å²) in [7, 11) is -3.76. The molecule has 3 aromatic rings. The molecule has 5 rings (SSSR count). The summed E-state index contributed by atoms with van der Waals surface area (Å²) in [5, 5.41) is 17.2. The van der Waals surface area contributed by atoms with Gasteiger partial charge in [-0.1, -0.05) is 18.2 Å². The van der Waals surface area contributed by atoms with Crippen molar-refractivity contribution in [2.45, 2.75) is 23.8 Å². The SMILES string of the molecule is N#Cc1cnc2c(ccn2S(=O)(=O)c2ccccc2)c1NC1CC2CNCC2C1. The molecule has 29 heavy (non-hydrogen) atoms. The van der Waals surface area contributed by atoms with E-state index in [-0.39, 0.29) is 10.9 Å². The van der Waals surface area contributed by atoms with Crippen LogP contribution in [-0.4, -0.2) is 36.5 Å². The summed E-state index contributed by atoms with van der Waals surface area (Å²) < 4.78 is 27.4. The van der Waals surface area contributed by atoms with Gasteiger partial charge in [0.15, 0.2) is 5.65 Å². The number of nitrogens with one attached hydrogen (secondary N) is 2. The van der Waals surface area contributed by atoms with Crippen LogP contribution in [0, 0.1) is 23.2 Å². The van der Waals surface area contributed by atoms with Crippen molar-refractivity contribution < 1.29 is 8.42 Å². The lowest BCUT2D eigenvalue weighted by molar-refractivity contribution is 0.494. The fourth-order valence-corrected chi connectivity index (χ4v) is 6.01. The number of hydrogen-bond acceptors (Lipinski definition) is 6. The van der Waals surface area contributed by atoms with Crippen molar-refractivity contribution >= 4 is 26.7 Å². The van der Waals surface area contributed by atoms with Crippen molar-refractivity contribution in [2.24, 2.45) is 11.8 Å². The molecule has 0 radical (unpaired) electrons. The van der Waals surface area contributed by atoms with Crippen molar-refractivity contribution in [3.63, 3.8) is 0 Å². The van der Waals surface area contributed by atoms with Crippen molar-refractivity contribution in [1.82, 2.24) is 14.3 Å². The van der Waals surface area contributed by atoms with E-state index >= 15 is 0 Å². The first kappa shape index (κ1) is 18.2. The molecular weight excluding hydrogens is 386 g/mol. The highest BCUT2D eigenvalue weighted by molar-refractivity contribution is 7.90. The number of aromatic nitrogens is 2. The largest absolute Gasteiger partial charge is 0.381 e. The van der Waals surface area contributed by atoms with Crippen LogP contribution in [0.5, 0.6) is 0 Å². The lowest BCUT2D eigenvalue weighted by atomic mass is 10.0. The second-order valence-corrected chi connectivity index (χ2v) is 9.63. The first-order valence-corrected chi connectivity index (χ1v) is 11.2. The van der Waals surface area contributed by atoms with Gasteiger partial charge in [0.1, 0.15) is 6.07 Å². The average Bonchev–Trinajstić information content (AvgIpc) is 3.43. The molecule has 7 nitrogen and oxygen atoms in total. The summed E-state index contributed by atoms with van der Waals surface area (Å²) in [5.74, 6) is 1.33. The van der Waals surface area contributed by atoms with E-state index < -0.39 is 10.0 Å². The van der Waals surface area contributed by atoms with E-state index in [1.165, 1.54) is 16.4 Å². The number of pyridine rings is 1. The summed E-state index contributed by atoms with van der Waals surface area (Å²) in [4.78, 5) is 4.51. The molecule has 1 aromatic carbocycles. The first-order valence-electron chi connectivity index (χ1n) is 9.76. The zero-order chi connectivity index (χ0) is 20.0. The van der Waals surface area contributed by atoms with Crippen LogP contribution in [0.2, 0.25) is 0 Å². The number of fused-ring (bicyclic) bond motifs is 2. The maximum atomic E-state index is 13.1. The Balaban J connectivity index is 1.56. The van der Waals surface area contributed by atoms with Crippen molar-refractivity contribution in [3.05, 3.63) is 54.4 Å². The average molecular weight is 407 g/mol. The minimum absolute atomic E-state index is 0.203. The number of benzene rings is 1. The van der Waals surface area contributed by atoms with Gasteiger partial charge in [-0.15, -0.1) is 0 Å². The highest BCUT2D eigenvalue weighted by Gasteiger charge is 2.37. The molecule has 3 heterocycles. The summed E-state index contributed by atoms with van der Waals surface area (Å²) in [6, 6.07) is 12.5. The zero-order valence-corrected chi connectivity index (χ0v) is 16.6. The van der Waals surface area contributed by atoms with E-state index in [4.69, 9.17) is 0 Å². The van der Waals surface area contributed by atoms with Gasteiger partial charge in [0, 0.05) is 23.8 Å². The first-order chi connectivity index (χ1) is 14.1. The molecule has 8 heteroatoms. The van der Waals surface area contributed by atoms with Gasteiger partial charge < -0.3 is 10.6 Å². The lowest BCUT2D eigenvalue weighted by Crippen LogP contribution is -2.21. The van der Waals surface area contributed by atoms with Gasteiger partial charge in [0.25, 0.3) is 10.0 Å². The molecule has 2 aromatic heterocycles. The zero-order valence-electron chi connectivity index (χ0n) is 15.7. The van der Waals surface area contributed by atoms with E-state index in [1.807, 2.05) is 0 Å². The van der Waals surface area contributed by atoms with Gasteiger partial charge in [0.2, 0.25) is 0 Å². The highest BCUT2D eigenvalue weighted by Crippen LogP contribution is 2.38. The minimum Gasteiger partial charge on any atom is -0.381 e.